The highest BCUT2D eigenvalue weighted by Gasteiger charge is 2.25. The Morgan fingerprint density at radius 1 is 1.14 bits per heavy atom. The molecule has 5 aromatic rings. The van der Waals surface area contributed by atoms with E-state index in [1.165, 1.54) is 0 Å². The van der Waals surface area contributed by atoms with Gasteiger partial charge in [-0.15, -0.1) is 0 Å². The monoisotopic (exact) mass is 518 g/mol. The summed E-state index contributed by atoms with van der Waals surface area (Å²) in [6.45, 7) is 2.27. The normalized spacial score (nSPS) is 11.1. The van der Waals surface area contributed by atoms with E-state index < -0.39 is 10.9 Å². The highest BCUT2D eigenvalue weighted by molar-refractivity contribution is 7.16. The minimum atomic E-state index is -0.789. The summed E-state index contributed by atoms with van der Waals surface area (Å²) >= 11 is 6.89. The molecule has 10 heteroatoms. The van der Waals surface area contributed by atoms with Gasteiger partial charge in [0.05, 0.1) is 16.2 Å². The molecule has 0 atom stereocenters. The molecule has 0 saturated heterocycles. The topological polar surface area (TPSA) is 100 Å². The Morgan fingerprint density at radius 2 is 1.92 bits per heavy atom. The Labute approximate surface area is 214 Å². The highest BCUT2D eigenvalue weighted by Crippen LogP contribution is 2.36. The van der Waals surface area contributed by atoms with Crippen molar-refractivity contribution in [3.8, 4) is 17.0 Å². The summed E-state index contributed by atoms with van der Waals surface area (Å²) in [6, 6.07) is 21.5. The molecule has 2 aromatic heterocycles. The van der Waals surface area contributed by atoms with Crippen LogP contribution in [0.15, 0.2) is 72.9 Å². The van der Waals surface area contributed by atoms with Gasteiger partial charge in [-0.1, -0.05) is 66.2 Å². The number of esters is 1. The van der Waals surface area contributed by atoms with Crippen molar-refractivity contribution in [2.45, 2.75) is 19.9 Å². The van der Waals surface area contributed by atoms with Crippen molar-refractivity contribution in [2.24, 2.45) is 0 Å². The lowest BCUT2D eigenvalue weighted by Crippen LogP contribution is -2.14. The fraction of sp³-hybridized carbons (Fsp3) is 0.115. The average Bonchev–Trinajstić information content (AvgIpc) is 3.48. The molecule has 36 heavy (non-hydrogen) atoms. The Hall–Kier alpha value is -4.08. The van der Waals surface area contributed by atoms with E-state index in [9.17, 15) is 14.9 Å². The standard InChI is InChI=1S/C26H19ClN4O4S/c1-16-23(19-9-5-10-20(27)14-19)25(35-26(32)24-28-15-22(36-24)31(33)34)30(29-16)13-12-18-8-4-7-17-6-2-3-11-21(17)18/h2-11,14-15H,12-13H2,1H3. The first kappa shape index (κ1) is 23.7. The molecule has 5 rings (SSSR count). The molecule has 0 fully saturated rings. The third-order valence-electron chi connectivity index (χ3n) is 5.70. The average molecular weight is 519 g/mol. The van der Waals surface area contributed by atoms with Crippen LogP contribution in [0.25, 0.3) is 21.9 Å². The maximum atomic E-state index is 12.9. The number of carbonyl (C=O) groups is 1. The molecule has 0 radical (unpaired) electrons. The van der Waals surface area contributed by atoms with Gasteiger partial charge in [0.2, 0.25) is 10.9 Å². The van der Waals surface area contributed by atoms with Gasteiger partial charge in [0.25, 0.3) is 0 Å². The lowest BCUT2D eigenvalue weighted by atomic mass is 10.0. The van der Waals surface area contributed by atoms with E-state index in [4.69, 9.17) is 16.3 Å². The number of halogens is 1. The van der Waals surface area contributed by atoms with E-state index in [0.717, 1.165) is 28.1 Å². The molecule has 0 amide bonds. The van der Waals surface area contributed by atoms with Gasteiger partial charge in [0.1, 0.15) is 6.20 Å². The molecule has 0 aliphatic carbocycles. The summed E-state index contributed by atoms with van der Waals surface area (Å²) in [6.07, 6.45) is 1.69. The van der Waals surface area contributed by atoms with E-state index >= 15 is 0 Å². The highest BCUT2D eigenvalue weighted by atomic mass is 35.5. The largest absolute Gasteiger partial charge is 0.402 e. The number of aryl methyl sites for hydroxylation is 3. The number of benzene rings is 3. The fourth-order valence-corrected chi connectivity index (χ4v) is 4.90. The number of aromatic nitrogens is 3. The molecule has 180 valence electrons. The molecule has 3 aromatic carbocycles. The molecule has 0 aliphatic rings. The number of rotatable bonds is 7. The van der Waals surface area contributed by atoms with Gasteiger partial charge in [0.15, 0.2) is 0 Å². The van der Waals surface area contributed by atoms with Crippen LogP contribution in [0.5, 0.6) is 5.88 Å². The molecule has 8 nitrogen and oxygen atoms in total. The van der Waals surface area contributed by atoms with Crippen molar-refractivity contribution < 1.29 is 14.5 Å². The second-order valence-corrected chi connectivity index (χ2v) is 9.48. The van der Waals surface area contributed by atoms with Crippen LogP contribution in [-0.2, 0) is 13.0 Å². The predicted octanol–water partition coefficient (Wildman–Crippen LogP) is 6.49. The van der Waals surface area contributed by atoms with Crippen molar-refractivity contribution in [3.05, 3.63) is 104 Å². The first-order valence-corrected chi connectivity index (χ1v) is 12.2. The molecule has 0 N–H and O–H groups in total. The van der Waals surface area contributed by atoms with Crippen molar-refractivity contribution in [2.75, 3.05) is 0 Å². The minimum absolute atomic E-state index is 0.113. The summed E-state index contributed by atoms with van der Waals surface area (Å²) in [7, 11) is 0. The van der Waals surface area contributed by atoms with Crippen molar-refractivity contribution >= 4 is 44.7 Å². The molecule has 0 bridgehead atoms. The maximum absolute atomic E-state index is 12.9. The second kappa shape index (κ2) is 9.88. The Bertz CT molecular complexity index is 1610. The Balaban J connectivity index is 1.52. The number of hydrogen-bond acceptors (Lipinski definition) is 7. The van der Waals surface area contributed by atoms with Gasteiger partial charge in [-0.05, 0) is 58.7 Å². The van der Waals surface area contributed by atoms with Gasteiger partial charge in [-0.3, -0.25) is 10.1 Å². The zero-order valence-corrected chi connectivity index (χ0v) is 20.6. The van der Waals surface area contributed by atoms with Gasteiger partial charge >= 0.3 is 11.0 Å². The SMILES string of the molecule is Cc1nn(CCc2cccc3ccccc23)c(OC(=O)c2ncc([N+](=O)[O-])s2)c1-c1cccc(Cl)c1. The number of hydrogen-bond donors (Lipinski definition) is 0. The van der Waals surface area contributed by atoms with Gasteiger partial charge in [-0.25, -0.2) is 14.5 Å². The van der Waals surface area contributed by atoms with E-state index in [1.54, 1.807) is 22.9 Å². The lowest BCUT2D eigenvalue weighted by molar-refractivity contribution is -0.380. The van der Waals surface area contributed by atoms with Crippen LogP contribution in [0.3, 0.4) is 0 Å². The number of nitro groups is 1. The fourth-order valence-electron chi connectivity index (χ4n) is 4.10. The zero-order chi connectivity index (χ0) is 25.2. The third-order valence-corrected chi connectivity index (χ3v) is 6.87. The van der Waals surface area contributed by atoms with Crippen LogP contribution >= 0.6 is 22.9 Å². The molecule has 2 heterocycles. The number of thiazole rings is 1. The summed E-state index contributed by atoms with van der Waals surface area (Å²) in [5.74, 6) is -0.555. The van der Waals surface area contributed by atoms with Crippen molar-refractivity contribution in [1.82, 2.24) is 14.8 Å². The first-order chi connectivity index (χ1) is 17.4. The van der Waals surface area contributed by atoms with Crippen LogP contribution in [-0.4, -0.2) is 25.7 Å². The van der Waals surface area contributed by atoms with Crippen LogP contribution in [0.2, 0.25) is 5.02 Å². The quantitative estimate of drug-likeness (QED) is 0.139. The van der Waals surface area contributed by atoms with E-state index in [0.29, 0.717) is 40.6 Å². The maximum Gasteiger partial charge on any atom is 0.374 e. The van der Waals surface area contributed by atoms with Gasteiger partial charge in [0, 0.05) is 11.6 Å². The van der Waals surface area contributed by atoms with Crippen molar-refractivity contribution in [3.63, 3.8) is 0 Å². The molecular weight excluding hydrogens is 500 g/mol. The zero-order valence-electron chi connectivity index (χ0n) is 19.1. The predicted molar refractivity (Wildman–Crippen MR) is 139 cm³/mol. The Kier molecular flexibility index (Phi) is 6.49. The van der Waals surface area contributed by atoms with E-state index in [1.807, 2.05) is 31.2 Å². The molecule has 0 unspecified atom stereocenters. The van der Waals surface area contributed by atoms with E-state index in [-0.39, 0.29) is 15.9 Å². The third kappa shape index (κ3) is 4.71. The van der Waals surface area contributed by atoms with Crippen LogP contribution in [0, 0.1) is 17.0 Å². The molecule has 0 aliphatic heterocycles. The first-order valence-electron chi connectivity index (χ1n) is 11.0. The Morgan fingerprint density at radius 3 is 2.69 bits per heavy atom. The van der Waals surface area contributed by atoms with Gasteiger partial charge in [-0.2, -0.15) is 5.10 Å². The lowest BCUT2D eigenvalue weighted by Gasteiger charge is -2.11. The second-order valence-electron chi connectivity index (χ2n) is 8.04. The number of ether oxygens (including phenoxy) is 1. The molecule has 0 saturated carbocycles. The molecular formula is C26H19ClN4O4S. The van der Waals surface area contributed by atoms with Crippen LogP contribution < -0.4 is 4.74 Å². The van der Waals surface area contributed by atoms with Crippen LogP contribution in [0.1, 0.15) is 21.1 Å². The van der Waals surface area contributed by atoms with Crippen molar-refractivity contribution in [1.29, 1.82) is 0 Å². The summed E-state index contributed by atoms with van der Waals surface area (Å²) in [5, 5.41) is 18.2. The number of nitrogens with zero attached hydrogens (tertiary/aromatic N) is 4. The van der Waals surface area contributed by atoms with Gasteiger partial charge < -0.3 is 4.74 Å². The summed E-state index contributed by atoms with van der Waals surface area (Å²) < 4.78 is 7.44. The smallest absolute Gasteiger partial charge is 0.374 e. The minimum Gasteiger partial charge on any atom is -0.402 e. The number of fused-ring (bicyclic) bond motifs is 1. The summed E-state index contributed by atoms with van der Waals surface area (Å²) in [5.41, 5.74) is 3.15. The number of carbonyl (C=O) groups excluding carboxylic acids is 1. The van der Waals surface area contributed by atoms with E-state index in [2.05, 4.69) is 34.3 Å². The summed E-state index contributed by atoms with van der Waals surface area (Å²) in [4.78, 5) is 27.3. The van der Waals surface area contributed by atoms with Crippen LogP contribution in [0.4, 0.5) is 5.00 Å². The molecule has 0 spiro atoms.